The molecular formula is C17H18FN5O3. The first kappa shape index (κ1) is 17.7. The Bertz CT molecular complexity index is 826. The molecule has 2 aromatic rings. The second-order valence-corrected chi connectivity index (χ2v) is 6.16. The van der Waals surface area contributed by atoms with Crippen LogP contribution in [0, 0.1) is 11.3 Å². The van der Waals surface area contributed by atoms with Crippen molar-refractivity contribution in [3.8, 4) is 6.07 Å². The normalized spacial score (nSPS) is 20.6. The maximum absolute atomic E-state index is 13.9. The Balaban J connectivity index is 1.63. The second-order valence-electron chi connectivity index (χ2n) is 6.16. The highest BCUT2D eigenvalue weighted by Gasteiger charge is 2.36. The Kier molecular flexibility index (Phi) is 5.02. The number of amides is 2. The summed E-state index contributed by atoms with van der Waals surface area (Å²) >= 11 is 0. The zero-order valence-corrected chi connectivity index (χ0v) is 14.1. The third kappa shape index (κ3) is 3.59. The van der Waals surface area contributed by atoms with Gasteiger partial charge in [0.1, 0.15) is 24.5 Å². The number of nitrogens with zero attached hydrogens (tertiary/aromatic N) is 4. The molecule has 2 aromatic heterocycles. The van der Waals surface area contributed by atoms with E-state index in [1.807, 2.05) is 0 Å². The Labute approximate surface area is 149 Å². The molecule has 3 rings (SSSR count). The lowest BCUT2D eigenvalue weighted by molar-refractivity contribution is -0.124. The van der Waals surface area contributed by atoms with Crippen molar-refractivity contribution in [2.45, 2.75) is 31.6 Å². The number of aromatic nitrogens is 2. The van der Waals surface area contributed by atoms with Gasteiger partial charge in [0.05, 0.1) is 18.2 Å². The zero-order chi connectivity index (χ0) is 18.7. The van der Waals surface area contributed by atoms with Crippen LogP contribution in [0.1, 0.15) is 35.5 Å². The van der Waals surface area contributed by atoms with Gasteiger partial charge in [-0.25, -0.2) is 4.39 Å². The Morgan fingerprint density at radius 1 is 1.58 bits per heavy atom. The number of halogens is 1. The van der Waals surface area contributed by atoms with Crippen LogP contribution in [0.3, 0.4) is 0 Å². The molecule has 1 aliphatic rings. The van der Waals surface area contributed by atoms with Crippen molar-refractivity contribution in [1.82, 2.24) is 20.0 Å². The Hall–Kier alpha value is -3.15. The van der Waals surface area contributed by atoms with Crippen molar-refractivity contribution < 1.29 is 18.4 Å². The summed E-state index contributed by atoms with van der Waals surface area (Å²) in [6.45, 7) is 1.79. The van der Waals surface area contributed by atoms with Crippen molar-refractivity contribution in [1.29, 1.82) is 5.26 Å². The lowest BCUT2D eigenvalue weighted by atomic mass is 10.2. The third-order valence-corrected chi connectivity index (χ3v) is 4.39. The molecule has 1 N–H and O–H groups in total. The molecule has 0 saturated carbocycles. The minimum atomic E-state index is -1.16. The van der Waals surface area contributed by atoms with Crippen LogP contribution in [0.4, 0.5) is 4.39 Å². The summed E-state index contributed by atoms with van der Waals surface area (Å²) in [6, 6.07) is 3.87. The number of hydrogen-bond acceptors (Lipinski definition) is 5. The van der Waals surface area contributed by atoms with E-state index in [2.05, 4.69) is 10.4 Å². The van der Waals surface area contributed by atoms with Gasteiger partial charge in [-0.1, -0.05) is 0 Å². The molecule has 0 radical (unpaired) electrons. The van der Waals surface area contributed by atoms with Gasteiger partial charge in [-0.05, 0) is 13.0 Å². The molecule has 9 heteroatoms. The van der Waals surface area contributed by atoms with Crippen molar-refractivity contribution in [3.05, 3.63) is 42.1 Å². The summed E-state index contributed by atoms with van der Waals surface area (Å²) in [5.41, 5.74) is 0.192. The summed E-state index contributed by atoms with van der Waals surface area (Å²) in [5, 5.41) is 15.6. The fraction of sp³-hybridized carbons (Fsp3) is 0.412. The molecular weight excluding hydrogens is 341 g/mol. The van der Waals surface area contributed by atoms with Gasteiger partial charge in [0.25, 0.3) is 5.91 Å². The van der Waals surface area contributed by atoms with Crippen LogP contribution in [0.25, 0.3) is 0 Å². The fourth-order valence-corrected chi connectivity index (χ4v) is 2.97. The first-order valence-corrected chi connectivity index (χ1v) is 8.20. The number of hydrogen-bond donors (Lipinski definition) is 1. The molecule has 0 bridgehead atoms. The van der Waals surface area contributed by atoms with E-state index in [9.17, 15) is 14.0 Å². The number of nitrogens with one attached hydrogen (secondary N) is 1. The molecule has 26 heavy (non-hydrogen) atoms. The number of nitriles is 1. The lowest BCUT2D eigenvalue weighted by Gasteiger charge is -2.24. The Morgan fingerprint density at radius 2 is 2.38 bits per heavy atom. The van der Waals surface area contributed by atoms with Crippen LogP contribution in [-0.4, -0.2) is 51.8 Å². The van der Waals surface area contributed by atoms with Crippen LogP contribution >= 0.6 is 0 Å². The number of carbonyl (C=O) groups excluding carboxylic acids is 2. The van der Waals surface area contributed by atoms with E-state index in [1.54, 1.807) is 31.5 Å². The number of rotatable bonds is 5. The standard InChI is InChI=1S/C17H18FN5O3/c1-11(23-4-2-3-21-23)16(24)20-8-14-6-13(18)9-22(14)17(25)12-5-15(7-19)26-10-12/h2-5,10-11,13-14H,6,8-9H2,1H3,(H,20,24)/t11?,13-,14-/m0/s1. The molecule has 3 atom stereocenters. The van der Waals surface area contributed by atoms with Crippen molar-refractivity contribution in [3.63, 3.8) is 0 Å². The van der Waals surface area contributed by atoms with Gasteiger partial charge < -0.3 is 14.6 Å². The summed E-state index contributed by atoms with van der Waals surface area (Å²) in [5.74, 6) is -0.671. The van der Waals surface area contributed by atoms with Crippen LogP contribution in [-0.2, 0) is 4.79 Å². The molecule has 3 heterocycles. The smallest absolute Gasteiger partial charge is 0.257 e. The molecule has 0 aromatic carbocycles. The molecule has 1 saturated heterocycles. The van der Waals surface area contributed by atoms with Crippen molar-refractivity contribution in [2.75, 3.05) is 13.1 Å². The van der Waals surface area contributed by atoms with E-state index in [0.29, 0.717) is 0 Å². The topological polar surface area (TPSA) is 104 Å². The maximum Gasteiger partial charge on any atom is 0.257 e. The first-order chi connectivity index (χ1) is 12.5. The highest BCUT2D eigenvalue weighted by Crippen LogP contribution is 2.23. The van der Waals surface area contributed by atoms with Gasteiger partial charge >= 0.3 is 0 Å². The second kappa shape index (κ2) is 7.39. The summed E-state index contributed by atoms with van der Waals surface area (Å²) in [4.78, 5) is 26.2. The molecule has 1 aliphatic heterocycles. The fourth-order valence-electron chi connectivity index (χ4n) is 2.97. The van der Waals surface area contributed by atoms with Crippen LogP contribution in [0.15, 0.2) is 35.2 Å². The molecule has 2 amide bonds. The molecule has 0 aliphatic carbocycles. The van der Waals surface area contributed by atoms with Gasteiger partial charge in [-0.3, -0.25) is 14.3 Å². The monoisotopic (exact) mass is 359 g/mol. The van der Waals surface area contributed by atoms with Gasteiger partial charge in [0.15, 0.2) is 0 Å². The lowest BCUT2D eigenvalue weighted by Crippen LogP contribution is -2.44. The molecule has 0 spiro atoms. The van der Waals surface area contributed by atoms with E-state index in [-0.39, 0.29) is 36.7 Å². The summed E-state index contributed by atoms with van der Waals surface area (Å²) < 4.78 is 20.3. The maximum atomic E-state index is 13.9. The third-order valence-electron chi connectivity index (χ3n) is 4.39. The van der Waals surface area contributed by atoms with Crippen molar-refractivity contribution in [2.24, 2.45) is 0 Å². The van der Waals surface area contributed by atoms with Gasteiger partial charge in [-0.15, -0.1) is 0 Å². The predicted octanol–water partition coefficient (Wildman–Crippen LogP) is 1.28. The SMILES string of the molecule is CC(C(=O)NC[C@@H]1C[C@H](F)CN1C(=O)c1coc(C#N)c1)n1cccn1. The van der Waals surface area contributed by atoms with E-state index in [4.69, 9.17) is 9.68 Å². The summed E-state index contributed by atoms with van der Waals surface area (Å²) in [6.07, 6.45) is 3.42. The minimum Gasteiger partial charge on any atom is -0.453 e. The zero-order valence-electron chi connectivity index (χ0n) is 14.1. The van der Waals surface area contributed by atoms with Crippen molar-refractivity contribution >= 4 is 11.8 Å². The largest absolute Gasteiger partial charge is 0.453 e. The van der Waals surface area contributed by atoms with Gasteiger partial charge in [-0.2, -0.15) is 10.4 Å². The number of furan rings is 1. The molecule has 1 fully saturated rings. The molecule has 136 valence electrons. The number of alkyl halides is 1. The highest BCUT2D eigenvalue weighted by molar-refractivity contribution is 5.94. The first-order valence-electron chi connectivity index (χ1n) is 8.20. The molecule has 8 nitrogen and oxygen atoms in total. The van der Waals surface area contributed by atoms with E-state index in [1.165, 1.54) is 21.9 Å². The van der Waals surface area contributed by atoms with Crippen LogP contribution in [0.2, 0.25) is 0 Å². The van der Waals surface area contributed by atoms with E-state index < -0.39 is 24.2 Å². The van der Waals surface area contributed by atoms with Crippen LogP contribution in [0.5, 0.6) is 0 Å². The van der Waals surface area contributed by atoms with E-state index >= 15 is 0 Å². The minimum absolute atomic E-state index is 0.0160. The number of carbonyl (C=O) groups is 2. The van der Waals surface area contributed by atoms with Gasteiger partial charge in [0, 0.05) is 31.4 Å². The Morgan fingerprint density at radius 3 is 3.04 bits per heavy atom. The van der Waals surface area contributed by atoms with Gasteiger partial charge in [0.2, 0.25) is 11.7 Å². The highest BCUT2D eigenvalue weighted by atomic mass is 19.1. The van der Waals surface area contributed by atoms with Crippen LogP contribution < -0.4 is 5.32 Å². The average molecular weight is 359 g/mol. The molecule has 1 unspecified atom stereocenters. The summed E-state index contributed by atoms with van der Waals surface area (Å²) in [7, 11) is 0. The average Bonchev–Trinajstić information content (AvgIpc) is 3.38. The van der Waals surface area contributed by atoms with E-state index in [0.717, 1.165) is 0 Å². The quantitative estimate of drug-likeness (QED) is 0.866. The predicted molar refractivity (Wildman–Crippen MR) is 87.7 cm³/mol. The number of likely N-dealkylation sites (tertiary alicyclic amines) is 1.